The Balaban J connectivity index is 3.06. The third-order valence-electron chi connectivity index (χ3n) is 2.99. The van der Waals surface area contributed by atoms with Gasteiger partial charge in [-0.05, 0) is 68.5 Å². The Morgan fingerprint density at radius 3 is 2.04 bits per heavy atom. The molecule has 0 aliphatic heterocycles. The van der Waals surface area contributed by atoms with Crippen molar-refractivity contribution >= 4 is 43.8 Å². The van der Waals surface area contributed by atoms with E-state index in [0.29, 0.717) is 25.7 Å². The van der Waals surface area contributed by atoms with Crippen LogP contribution in [0.2, 0.25) is 5.02 Å². The lowest BCUT2D eigenvalue weighted by Gasteiger charge is -2.26. The highest BCUT2D eigenvalue weighted by Crippen LogP contribution is 2.32. The predicted octanol–water partition coefficient (Wildman–Crippen LogP) is 5.92. The molecular formula is C17H26Cl2O3SSi. The summed E-state index contributed by atoms with van der Waals surface area (Å²) in [6, 6.07) is 7.79. The summed E-state index contributed by atoms with van der Waals surface area (Å²) in [6.07, 6.45) is 1.75. The van der Waals surface area contributed by atoms with Crippen molar-refractivity contribution in [1.82, 2.24) is 0 Å². The Bertz CT molecular complexity index is 480. The topological polar surface area (TPSA) is 27.7 Å². The lowest BCUT2D eigenvalue weighted by Crippen LogP contribution is -2.44. The molecule has 1 aromatic carbocycles. The molecule has 0 N–H and O–H groups in total. The molecule has 3 nitrogen and oxygen atoms in total. The second-order valence-electron chi connectivity index (χ2n) is 4.86. The zero-order valence-corrected chi connectivity index (χ0v) is 17.8. The van der Waals surface area contributed by atoms with Crippen molar-refractivity contribution in [2.75, 3.05) is 25.7 Å². The van der Waals surface area contributed by atoms with Crippen LogP contribution in [0.4, 0.5) is 0 Å². The monoisotopic (exact) mass is 408 g/mol. The highest BCUT2D eigenvalue weighted by atomic mass is 35.5. The normalized spacial score (nSPS) is 12.6. The molecule has 0 aliphatic rings. The largest absolute Gasteiger partial charge is 0.530 e. The maximum Gasteiger partial charge on any atom is 0.530 e. The summed E-state index contributed by atoms with van der Waals surface area (Å²) in [6.45, 7) is 7.53. The van der Waals surface area contributed by atoms with Gasteiger partial charge >= 0.3 is 8.80 Å². The van der Waals surface area contributed by atoms with Gasteiger partial charge < -0.3 is 13.3 Å². The molecule has 0 saturated carbocycles. The van der Waals surface area contributed by atoms with Crippen LogP contribution in [0.3, 0.4) is 0 Å². The van der Waals surface area contributed by atoms with E-state index in [1.54, 1.807) is 11.8 Å². The van der Waals surface area contributed by atoms with Gasteiger partial charge in [-0.3, -0.25) is 0 Å². The first kappa shape index (κ1) is 22.0. The highest BCUT2D eigenvalue weighted by molar-refractivity contribution is 8.03. The SMILES string of the molecule is CCO[Si](/C=C(\CCCCl)Sc1ccc(Cl)cc1)(OCC)OCC. The van der Waals surface area contributed by atoms with Crippen molar-refractivity contribution in [3.05, 3.63) is 39.9 Å². The molecular weight excluding hydrogens is 383 g/mol. The minimum atomic E-state index is -2.83. The molecule has 1 rings (SSSR count). The van der Waals surface area contributed by atoms with E-state index in [4.69, 9.17) is 36.5 Å². The van der Waals surface area contributed by atoms with Crippen molar-refractivity contribution < 1.29 is 13.3 Å². The summed E-state index contributed by atoms with van der Waals surface area (Å²) >= 11 is 13.5. The van der Waals surface area contributed by atoms with Crippen LogP contribution in [0.5, 0.6) is 0 Å². The number of allylic oxidation sites excluding steroid dienone is 1. The van der Waals surface area contributed by atoms with E-state index >= 15 is 0 Å². The highest BCUT2D eigenvalue weighted by Gasteiger charge is 2.38. The molecule has 0 aliphatic carbocycles. The Morgan fingerprint density at radius 1 is 1.04 bits per heavy atom. The number of alkyl halides is 1. The first-order valence-electron chi connectivity index (χ1n) is 8.22. The molecule has 0 aromatic heterocycles. The summed E-state index contributed by atoms with van der Waals surface area (Å²) in [5.74, 6) is 0.616. The van der Waals surface area contributed by atoms with E-state index < -0.39 is 8.80 Å². The minimum Gasteiger partial charge on any atom is -0.371 e. The van der Waals surface area contributed by atoms with Gasteiger partial charge in [0.25, 0.3) is 0 Å². The standard InChI is InChI=1S/C17H26Cl2O3SSi/c1-4-20-24(21-5-2,22-6-3)14-17(8-7-13-18)23-16-11-9-15(19)10-12-16/h9-12,14H,4-8,13H2,1-3H3/b17-14+. The molecule has 0 saturated heterocycles. The molecule has 0 unspecified atom stereocenters. The quantitative estimate of drug-likeness (QED) is 0.243. The van der Waals surface area contributed by atoms with Gasteiger partial charge in [-0.1, -0.05) is 23.4 Å². The summed E-state index contributed by atoms with van der Waals surface area (Å²) in [4.78, 5) is 2.27. The molecule has 0 spiro atoms. The van der Waals surface area contributed by atoms with Gasteiger partial charge in [-0.15, -0.1) is 11.6 Å². The maximum atomic E-state index is 5.97. The maximum absolute atomic E-state index is 5.97. The fourth-order valence-electron chi connectivity index (χ4n) is 2.10. The number of halogens is 2. The smallest absolute Gasteiger partial charge is 0.371 e. The summed E-state index contributed by atoms with van der Waals surface area (Å²) in [7, 11) is -2.83. The molecule has 7 heteroatoms. The van der Waals surface area contributed by atoms with Crippen molar-refractivity contribution in [1.29, 1.82) is 0 Å². The first-order valence-corrected chi connectivity index (χ1v) is 11.7. The zero-order valence-electron chi connectivity index (χ0n) is 14.5. The van der Waals surface area contributed by atoms with Crippen LogP contribution >= 0.6 is 35.0 Å². The second-order valence-corrected chi connectivity index (χ2v) is 9.24. The van der Waals surface area contributed by atoms with Crippen molar-refractivity contribution in [3.63, 3.8) is 0 Å². The fraction of sp³-hybridized carbons (Fsp3) is 0.529. The molecule has 0 amide bonds. The van der Waals surface area contributed by atoms with Crippen molar-refractivity contribution in [2.45, 2.75) is 38.5 Å². The summed E-state index contributed by atoms with van der Waals surface area (Å²) in [5.41, 5.74) is 2.06. The van der Waals surface area contributed by atoms with Gasteiger partial charge in [0.1, 0.15) is 0 Å². The molecule has 1 aromatic rings. The first-order chi connectivity index (χ1) is 11.6. The van der Waals surface area contributed by atoms with Gasteiger partial charge in [0, 0.05) is 35.6 Å². The fourth-order valence-corrected chi connectivity index (χ4v) is 6.09. The van der Waals surface area contributed by atoms with Crippen LogP contribution in [-0.2, 0) is 13.3 Å². The van der Waals surface area contributed by atoms with Crippen molar-refractivity contribution in [3.8, 4) is 0 Å². The summed E-state index contributed by atoms with van der Waals surface area (Å²) < 4.78 is 17.8. The molecule has 0 heterocycles. The lowest BCUT2D eigenvalue weighted by molar-refractivity contribution is 0.0841. The Labute approximate surface area is 161 Å². The van der Waals surface area contributed by atoms with Crippen LogP contribution in [-0.4, -0.2) is 34.5 Å². The van der Waals surface area contributed by atoms with Gasteiger partial charge in [-0.25, -0.2) is 0 Å². The number of hydrogen-bond acceptors (Lipinski definition) is 4. The number of thioether (sulfide) groups is 1. The summed E-state index contributed by atoms with van der Waals surface area (Å²) in [5, 5.41) is 0.729. The van der Waals surface area contributed by atoms with E-state index in [1.807, 2.05) is 45.0 Å². The van der Waals surface area contributed by atoms with Crippen LogP contribution < -0.4 is 0 Å². The molecule has 0 fully saturated rings. The molecule has 24 heavy (non-hydrogen) atoms. The number of rotatable bonds is 12. The van der Waals surface area contributed by atoms with Crippen LogP contribution in [0, 0.1) is 0 Å². The van der Waals surface area contributed by atoms with E-state index in [1.165, 1.54) is 0 Å². The molecule has 0 radical (unpaired) electrons. The predicted molar refractivity (Wildman–Crippen MR) is 106 cm³/mol. The Kier molecular flexibility index (Phi) is 11.3. The van der Waals surface area contributed by atoms with E-state index in [9.17, 15) is 0 Å². The second kappa shape index (κ2) is 12.4. The van der Waals surface area contributed by atoms with Crippen LogP contribution in [0.1, 0.15) is 33.6 Å². The van der Waals surface area contributed by atoms with Crippen LogP contribution in [0.25, 0.3) is 0 Å². The van der Waals surface area contributed by atoms with E-state index in [-0.39, 0.29) is 0 Å². The Morgan fingerprint density at radius 2 is 1.58 bits per heavy atom. The average Bonchev–Trinajstić information content (AvgIpc) is 2.55. The molecule has 136 valence electrons. The van der Waals surface area contributed by atoms with Gasteiger partial charge in [0.15, 0.2) is 0 Å². The molecule has 0 atom stereocenters. The van der Waals surface area contributed by atoms with E-state index in [2.05, 4.69) is 5.70 Å². The third-order valence-corrected chi connectivity index (χ3v) is 7.59. The number of hydrogen-bond donors (Lipinski definition) is 0. The van der Waals surface area contributed by atoms with E-state index in [0.717, 1.165) is 27.7 Å². The average molecular weight is 409 g/mol. The van der Waals surface area contributed by atoms with Crippen molar-refractivity contribution in [2.24, 2.45) is 0 Å². The lowest BCUT2D eigenvalue weighted by atomic mass is 10.3. The van der Waals surface area contributed by atoms with Gasteiger partial charge in [-0.2, -0.15) is 0 Å². The Hall–Kier alpha value is -0.0131. The zero-order chi connectivity index (χ0) is 17.8. The van der Waals surface area contributed by atoms with Gasteiger partial charge in [0.2, 0.25) is 0 Å². The minimum absolute atomic E-state index is 0.553. The van der Waals surface area contributed by atoms with Crippen LogP contribution in [0.15, 0.2) is 39.8 Å². The molecule has 0 bridgehead atoms. The third kappa shape index (κ3) is 7.91. The van der Waals surface area contributed by atoms with Gasteiger partial charge in [0.05, 0.1) is 0 Å². The number of benzene rings is 1.